The van der Waals surface area contributed by atoms with Crippen LogP contribution < -0.4 is 16.7 Å². The Kier molecular flexibility index (Phi) is 5.87. The van der Waals surface area contributed by atoms with Crippen molar-refractivity contribution < 1.29 is 9.90 Å². The van der Waals surface area contributed by atoms with Crippen molar-refractivity contribution in [2.75, 3.05) is 0 Å². The van der Waals surface area contributed by atoms with Gasteiger partial charge < -0.3 is 9.67 Å². The van der Waals surface area contributed by atoms with Crippen molar-refractivity contribution in [1.82, 2.24) is 24.1 Å². The van der Waals surface area contributed by atoms with Crippen molar-refractivity contribution in [2.24, 2.45) is 19.2 Å². The van der Waals surface area contributed by atoms with E-state index in [2.05, 4.69) is 38.1 Å². The number of aromatic nitrogens is 4. The lowest BCUT2D eigenvalue weighted by Gasteiger charge is -2.06. The van der Waals surface area contributed by atoms with E-state index < -0.39 is 17.2 Å². The minimum Gasteiger partial charge on any atom is -0.506 e. The maximum atomic E-state index is 12.4. The predicted octanol–water partition coefficient (Wildman–Crippen LogP) is 0.499. The van der Waals surface area contributed by atoms with Gasteiger partial charge in [-0.1, -0.05) is 0 Å². The van der Waals surface area contributed by atoms with E-state index in [1.54, 1.807) is 6.07 Å². The fraction of sp³-hybridized carbons (Fsp3) is 0.188. The third-order valence-electron chi connectivity index (χ3n) is 3.98. The standard InChI is InChI=1S/C16H14I2N6O4/c1-22-14-12(15(27)23(2)16(22)28)24(7-19-14)6-11(25)21-20-5-8-3-9(17)4-10(18)13(8)26/h3-5,7,26H,6H2,1-2H3,(H,21,25)/b20-5+. The zero-order valence-corrected chi connectivity index (χ0v) is 19.0. The summed E-state index contributed by atoms with van der Waals surface area (Å²) < 4.78 is 5.14. The SMILES string of the molecule is Cn1c(=O)c2c(ncn2CC(=O)N/N=C/c2cc(I)cc(I)c2O)n(C)c1=O. The number of nitrogens with one attached hydrogen (secondary N) is 1. The molecule has 28 heavy (non-hydrogen) atoms. The van der Waals surface area contributed by atoms with E-state index in [0.29, 0.717) is 9.13 Å². The van der Waals surface area contributed by atoms with Gasteiger partial charge >= 0.3 is 5.69 Å². The van der Waals surface area contributed by atoms with Crippen LogP contribution in [0.4, 0.5) is 0 Å². The minimum atomic E-state index is -0.537. The van der Waals surface area contributed by atoms with Crippen molar-refractivity contribution in [3.63, 3.8) is 0 Å². The molecule has 2 aromatic heterocycles. The molecule has 2 N–H and O–H groups in total. The lowest BCUT2D eigenvalue weighted by molar-refractivity contribution is -0.121. The number of aryl methyl sites for hydroxylation is 1. The molecular weight excluding hydrogens is 594 g/mol. The Hall–Kier alpha value is -2.23. The van der Waals surface area contributed by atoms with Crippen LogP contribution >= 0.6 is 45.2 Å². The number of benzene rings is 1. The van der Waals surface area contributed by atoms with E-state index >= 15 is 0 Å². The number of fused-ring (bicyclic) bond motifs is 1. The minimum absolute atomic E-state index is 0.0732. The van der Waals surface area contributed by atoms with Crippen LogP contribution in [0.5, 0.6) is 5.75 Å². The van der Waals surface area contributed by atoms with Gasteiger partial charge in [0, 0.05) is 23.2 Å². The molecule has 0 aliphatic rings. The first-order valence-corrected chi connectivity index (χ1v) is 9.97. The monoisotopic (exact) mass is 608 g/mol. The number of hydrogen-bond acceptors (Lipinski definition) is 6. The zero-order chi connectivity index (χ0) is 20.6. The third kappa shape index (κ3) is 3.82. The predicted molar refractivity (Wildman–Crippen MR) is 119 cm³/mol. The van der Waals surface area contributed by atoms with E-state index in [1.807, 2.05) is 28.7 Å². The summed E-state index contributed by atoms with van der Waals surface area (Å²) >= 11 is 4.12. The number of halogens is 2. The van der Waals surface area contributed by atoms with E-state index in [0.717, 1.165) is 8.14 Å². The molecule has 0 bridgehead atoms. The van der Waals surface area contributed by atoms with Gasteiger partial charge in [0.05, 0.1) is 16.1 Å². The summed E-state index contributed by atoms with van der Waals surface area (Å²) in [7, 11) is 2.86. The van der Waals surface area contributed by atoms with Crippen molar-refractivity contribution >= 4 is 68.5 Å². The summed E-state index contributed by atoms with van der Waals surface area (Å²) in [6.07, 6.45) is 2.66. The van der Waals surface area contributed by atoms with Gasteiger partial charge in [-0.3, -0.25) is 18.7 Å². The Morgan fingerprint density at radius 1 is 1.29 bits per heavy atom. The molecule has 0 aliphatic heterocycles. The van der Waals surface area contributed by atoms with Crippen molar-refractivity contribution in [3.05, 3.63) is 52.0 Å². The quantitative estimate of drug-likeness (QED) is 0.254. The van der Waals surface area contributed by atoms with Crippen LogP contribution in [0.25, 0.3) is 11.2 Å². The summed E-state index contributed by atoms with van der Waals surface area (Å²) in [4.78, 5) is 40.6. The molecule has 146 valence electrons. The largest absolute Gasteiger partial charge is 0.506 e. The lowest BCUT2D eigenvalue weighted by atomic mass is 10.2. The van der Waals surface area contributed by atoms with Gasteiger partial charge in [0.15, 0.2) is 11.2 Å². The second-order valence-electron chi connectivity index (χ2n) is 5.87. The van der Waals surface area contributed by atoms with Crippen LogP contribution in [0.2, 0.25) is 0 Å². The molecule has 1 amide bonds. The molecule has 2 heterocycles. The lowest BCUT2D eigenvalue weighted by Crippen LogP contribution is -2.38. The Labute approximate surface area is 185 Å². The molecule has 0 saturated carbocycles. The molecule has 0 aliphatic carbocycles. The molecule has 3 aromatic rings. The number of carbonyl (C=O) groups is 1. The summed E-state index contributed by atoms with van der Waals surface area (Å²) in [6.45, 7) is -0.211. The first kappa shape index (κ1) is 20.5. The van der Waals surface area contributed by atoms with E-state index in [-0.39, 0.29) is 23.5 Å². The van der Waals surface area contributed by atoms with Crippen LogP contribution in [-0.2, 0) is 25.4 Å². The average molecular weight is 608 g/mol. The van der Waals surface area contributed by atoms with Gasteiger partial charge in [-0.05, 0) is 57.3 Å². The fourth-order valence-corrected chi connectivity index (χ4v) is 4.45. The number of amides is 1. The van der Waals surface area contributed by atoms with Crippen LogP contribution in [0.15, 0.2) is 33.2 Å². The van der Waals surface area contributed by atoms with Crippen LogP contribution in [0.3, 0.4) is 0 Å². The van der Waals surface area contributed by atoms with E-state index in [9.17, 15) is 19.5 Å². The first-order valence-electron chi connectivity index (χ1n) is 7.81. The normalized spacial score (nSPS) is 11.4. The van der Waals surface area contributed by atoms with Gasteiger partial charge in [-0.25, -0.2) is 15.2 Å². The van der Waals surface area contributed by atoms with Crippen molar-refractivity contribution in [2.45, 2.75) is 6.54 Å². The highest BCUT2D eigenvalue weighted by atomic mass is 127. The Balaban J connectivity index is 1.81. The fourth-order valence-electron chi connectivity index (χ4n) is 2.57. The highest BCUT2D eigenvalue weighted by Crippen LogP contribution is 2.25. The van der Waals surface area contributed by atoms with Crippen LogP contribution in [-0.4, -0.2) is 35.9 Å². The number of phenolic OH excluding ortho intramolecular Hbond substituents is 1. The maximum Gasteiger partial charge on any atom is 0.332 e. The summed E-state index contributed by atoms with van der Waals surface area (Å²) in [5.74, 6) is -0.421. The molecular formula is C16H14I2N6O4. The van der Waals surface area contributed by atoms with Crippen LogP contribution in [0, 0.1) is 7.14 Å². The molecule has 0 unspecified atom stereocenters. The smallest absolute Gasteiger partial charge is 0.332 e. The summed E-state index contributed by atoms with van der Waals surface area (Å²) in [5, 5.41) is 13.9. The number of nitrogens with zero attached hydrogens (tertiary/aromatic N) is 5. The molecule has 0 spiro atoms. The molecule has 0 radical (unpaired) electrons. The number of carbonyl (C=O) groups excluding carboxylic acids is 1. The Morgan fingerprint density at radius 2 is 2.00 bits per heavy atom. The molecule has 0 atom stereocenters. The second kappa shape index (κ2) is 8.02. The van der Waals surface area contributed by atoms with Crippen molar-refractivity contribution in [3.8, 4) is 5.75 Å². The average Bonchev–Trinajstić information content (AvgIpc) is 3.05. The molecule has 0 saturated heterocycles. The van der Waals surface area contributed by atoms with Gasteiger partial charge in [0.1, 0.15) is 12.3 Å². The van der Waals surface area contributed by atoms with Gasteiger partial charge in [-0.15, -0.1) is 0 Å². The number of imidazole rings is 1. The molecule has 1 aromatic carbocycles. The maximum absolute atomic E-state index is 12.4. The Morgan fingerprint density at radius 3 is 2.71 bits per heavy atom. The molecule has 3 rings (SSSR count). The van der Waals surface area contributed by atoms with Gasteiger partial charge in [-0.2, -0.15) is 5.10 Å². The molecule has 12 heteroatoms. The zero-order valence-electron chi connectivity index (χ0n) is 14.7. The van der Waals surface area contributed by atoms with E-state index in [4.69, 9.17) is 0 Å². The highest BCUT2D eigenvalue weighted by Gasteiger charge is 2.15. The topological polar surface area (TPSA) is 124 Å². The summed E-state index contributed by atoms with van der Waals surface area (Å²) in [5.41, 5.74) is 2.13. The number of hydrogen-bond donors (Lipinski definition) is 2. The first-order chi connectivity index (χ1) is 13.2. The number of aromatic hydroxyl groups is 1. The number of phenols is 1. The van der Waals surface area contributed by atoms with Crippen molar-refractivity contribution in [1.29, 1.82) is 0 Å². The van der Waals surface area contributed by atoms with Gasteiger partial charge in [0.2, 0.25) is 0 Å². The second-order valence-corrected chi connectivity index (χ2v) is 8.28. The number of hydrazone groups is 1. The Bertz CT molecular complexity index is 1240. The molecule has 0 fully saturated rings. The summed E-state index contributed by atoms with van der Waals surface area (Å²) in [6, 6.07) is 3.53. The number of rotatable bonds is 4. The van der Waals surface area contributed by atoms with Gasteiger partial charge in [0.25, 0.3) is 11.5 Å². The van der Waals surface area contributed by atoms with Crippen LogP contribution in [0.1, 0.15) is 5.56 Å². The van der Waals surface area contributed by atoms with E-state index in [1.165, 1.54) is 35.8 Å². The molecule has 10 nitrogen and oxygen atoms in total. The third-order valence-corrected chi connectivity index (χ3v) is 5.43. The highest BCUT2D eigenvalue weighted by molar-refractivity contribution is 14.1.